The third kappa shape index (κ3) is 3.97. The number of thiophene rings is 1. The van der Waals surface area contributed by atoms with Gasteiger partial charge in [0.05, 0.1) is 0 Å². The van der Waals surface area contributed by atoms with Crippen LogP contribution in [0.1, 0.15) is 20.0 Å². The number of ketones is 1. The van der Waals surface area contributed by atoms with Crippen LogP contribution in [0.25, 0.3) is 10.9 Å². The Kier molecular flexibility index (Phi) is 5.77. The van der Waals surface area contributed by atoms with E-state index in [1.54, 1.807) is 23.3 Å². The quantitative estimate of drug-likeness (QED) is 0.458. The molecule has 1 fully saturated rings. The van der Waals surface area contributed by atoms with Crippen LogP contribution >= 0.6 is 23.1 Å². The zero-order valence-electron chi connectivity index (χ0n) is 15.3. The van der Waals surface area contributed by atoms with E-state index in [0.29, 0.717) is 18.7 Å². The predicted octanol–water partition coefficient (Wildman–Crippen LogP) is 3.01. The number of fused-ring (bicyclic) bond motifs is 1. The second kappa shape index (κ2) is 8.31. The van der Waals surface area contributed by atoms with Gasteiger partial charge < -0.3 is 9.72 Å². The zero-order valence-corrected chi connectivity index (χ0v) is 17.7. The second-order valence-electron chi connectivity index (χ2n) is 6.38. The highest BCUT2D eigenvalue weighted by Crippen LogP contribution is 2.28. The summed E-state index contributed by atoms with van der Waals surface area (Å²) < 4.78 is 32.3. The Labute approximate surface area is 176 Å². The number of thioether (sulfide) groups is 1. The summed E-state index contributed by atoms with van der Waals surface area (Å²) in [5.74, 6) is 0.285. The van der Waals surface area contributed by atoms with E-state index in [2.05, 4.69) is 4.98 Å². The molecule has 1 aromatic carbocycles. The van der Waals surface area contributed by atoms with Gasteiger partial charge in [0.15, 0.2) is 6.61 Å². The summed E-state index contributed by atoms with van der Waals surface area (Å²) in [6.45, 7) is 0.366. The molecule has 152 valence electrons. The molecular formula is C19H18N2O5S3. The third-order valence-electron chi connectivity index (χ3n) is 4.63. The number of H-pyrrole nitrogens is 1. The van der Waals surface area contributed by atoms with Crippen LogP contribution < -0.4 is 0 Å². The number of sulfonamides is 1. The number of hydrogen-bond donors (Lipinski definition) is 1. The lowest BCUT2D eigenvalue weighted by atomic mass is 10.1. The summed E-state index contributed by atoms with van der Waals surface area (Å²) >= 11 is 2.70. The normalized spacial score (nSPS) is 15.4. The highest BCUT2D eigenvalue weighted by molar-refractivity contribution is 7.99. The second-order valence-corrected chi connectivity index (χ2v) is 10.4. The number of aromatic amines is 1. The standard InChI is InChI=1S/C19H18N2O5S3/c22-16(14-11-20-15-4-2-1-3-13(14)15)12-26-19(23)18-17(5-8-28-18)29(24,25)21-6-9-27-10-7-21/h1-5,8,11,20H,6-7,9-10,12H2. The van der Waals surface area contributed by atoms with Gasteiger partial charge >= 0.3 is 5.97 Å². The van der Waals surface area contributed by atoms with Crippen LogP contribution in [0.2, 0.25) is 0 Å². The van der Waals surface area contributed by atoms with E-state index in [1.165, 1.54) is 10.4 Å². The molecule has 4 rings (SSSR count). The van der Waals surface area contributed by atoms with Crippen LogP contribution in [-0.2, 0) is 14.8 Å². The van der Waals surface area contributed by atoms with Crippen molar-refractivity contribution in [2.45, 2.75) is 4.90 Å². The van der Waals surface area contributed by atoms with Gasteiger partial charge in [-0.2, -0.15) is 16.1 Å². The van der Waals surface area contributed by atoms with Crippen molar-refractivity contribution in [1.82, 2.24) is 9.29 Å². The first-order valence-corrected chi connectivity index (χ1v) is 12.4. The molecule has 0 unspecified atom stereocenters. The van der Waals surface area contributed by atoms with Crippen molar-refractivity contribution in [2.24, 2.45) is 0 Å². The molecular weight excluding hydrogens is 432 g/mol. The molecule has 0 aliphatic carbocycles. The lowest BCUT2D eigenvalue weighted by molar-refractivity contribution is 0.0476. The molecule has 1 N–H and O–H groups in total. The summed E-state index contributed by atoms with van der Waals surface area (Å²) in [4.78, 5) is 28.0. The van der Waals surface area contributed by atoms with Crippen LogP contribution in [0.3, 0.4) is 0 Å². The Morgan fingerprint density at radius 3 is 2.69 bits per heavy atom. The number of nitrogens with zero attached hydrogens (tertiary/aromatic N) is 1. The van der Waals surface area contributed by atoms with Crippen molar-refractivity contribution < 1.29 is 22.7 Å². The molecule has 0 bridgehead atoms. The fraction of sp³-hybridized carbons (Fsp3) is 0.263. The number of esters is 1. The van der Waals surface area contributed by atoms with Gasteiger partial charge in [-0.15, -0.1) is 11.3 Å². The summed E-state index contributed by atoms with van der Waals surface area (Å²) in [6.07, 6.45) is 1.58. The third-order valence-corrected chi connectivity index (χ3v) is 8.53. The number of ether oxygens (including phenoxy) is 1. The molecule has 3 aromatic rings. The van der Waals surface area contributed by atoms with Crippen molar-refractivity contribution in [3.05, 3.63) is 52.3 Å². The van der Waals surface area contributed by atoms with E-state index in [-0.39, 0.29) is 15.6 Å². The van der Waals surface area contributed by atoms with Gasteiger partial charge in [0.2, 0.25) is 15.8 Å². The van der Waals surface area contributed by atoms with E-state index in [4.69, 9.17) is 4.74 Å². The fourth-order valence-corrected chi connectivity index (χ4v) is 7.01. The molecule has 10 heteroatoms. The maximum atomic E-state index is 12.9. The fourth-order valence-electron chi connectivity index (χ4n) is 3.15. The van der Waals surface area contributed by atoms with Crippen molar-refractivity contribution in [2.75, 3.05) is 31.2 Å². The lowest BCUT2D eigenvalue weighted by Crippen LogP contribution is -2.38. The number of benzene rings is 1. The van der Waals surface area contributed by atoms with Gasteiger partial charge in [-0.3, -0.25) is 4.79 Å². The molecule has 0 atom stereocenters. The maximum absolute atomic E-state index is 12.9. The Morgan fingerprint density at radius 1 is 1.14 bits per heavy atom. The van der Waals surface area contributed by atoms with E-state index in [1.807, 2.05) is 24.3 Å². The topological polar surface area (TPSA) is 96.5 Å². The van der Waals surface area contributed by atoms with E-state index < -0.39 is 22.6 Å². The number of carbonyl (C=O) groups excluding carboxylic acids is 2. The van der Waals surface area contributed by atoms with Crippen LogP contribution in [-0.4, -0.2) is 60.7 Å². The molecule has 7 nitrogen and oxygen atoms in total. The molecule has 1 saturated heterocycles. The smallest absolute Gasteiger partial charge is 0.350 e. The monoisotopic (exact) mass is 450 g/mol. The van der Waals surface area contributed by atoms with Crippen molar-refractivity contribution in [3.8, 4) is 0 Å². The number of carbonyl (C=O) groups is 2. The molecule has 1 aliphatic rings. The predicted molar refractivity (Wildman–Crippen MR) is 113 cm³/mol. The number of aromatic nitrogens is 1. The Morgan fingerprint density at radius 2 is 1.90 bits per heavy atom. The molecule has 1 aliphatic heterocycles. The average molecular weight is 451 g/mol. The first-order valence-electron chi connectivity index (χ1n) is 8.90. The van der Waals surface area contributed by atoms with Crippen LogP contribution in [0.5, 0.6) is 0 Å². The molecule has 0 spiro atoms. The van der Waals surface area contributed by atoms with E-state index >= 15 is 0 Å². The highest BCUT2D eigenvalue weighted by atomic mass is 32.2. The van der Waals surface area contributed by atoms with Gasteiger partial charge in [-0.25, -0.2) is 13.2 Å². The molecule has 2 aromatic heterocycles. The van der Waals surface area contributed by atoms with Crippen molar-refractivity contribution in [1.29, 1.82) is 0 Å². The van der Waals surface area contributed by atoms with Gasteiger partial charge in [0.25, 0.3) is 0 Å². The van der Waals surface area contributed by atoms with Gasteiger partial charge in [-0.1, -0.05) is 18.2 Å². The largest absolute Gasteiger partial charge is 0.453 e. The number of hydrogen-bond acceptors (Lipinski definition) is 7. The van der Waals surface area contributed by atoms with E-state index in [9.17, 15) is 18.0 Å². The van der Waals surface area contributed by atoms with Gasteiger partial charge in [0.1, 0.15) is 9.77 Å². The summed E-state index contributed by atoms with van der Waals surface area (Å²) in [5, 5.41) is 2.29. The van der Waals surface area contributed by atoms with E-state index in [0.717, 1.165) is 33.7 Å². The number of para-hydroxylation sites is 1. The molecule has 0 amide bonds. The minimum Gasteiger partial charge on any atom is -0.453 e. The molecule has 0 radical (unpaired) electrons. The zero-order chi connectivity index (χ0) is 20.4. The highest BCUT2D eigenvalue weighted by Gasteiger charge is 2.32. The minimum atomic E-state index is -3.77. The Balaban J connectivity index is 1.48. The molecule has 0 saturated carbocycles. The lowest BCUT2D eigenvalue weighted by Gasteiger charge is -2.25. The molecule has 29 heavy (non-hydrogen) atoms. The average Bonchev–Trinajstić information content (AvgIpc) is 3.40. The molecule has 3 heterocycles. The number of rotatable bonds is 6. The van der Waals surface area contributed by atoms with Crippen LogP contribution in [0.15, 0.2) is 46.8 Å². The summed E-state index contributed by atoms with van der Waals surface area (Å²) in [7, 11) is -3.77. The SMILES string of the molecule is O=C(OCC(=O)c1c[nH]c2ccccc12)c1sccc1S(=O)(=O)N1CCSCC1. The van der Waals surface area contributed by atoms with Crippen LogP contribution in [0, 0.1) is 0 Å². The maximum Gasteiger partial charge on any atom is 0.350 e. The number of Topliss-reactive ketones (excluding diaryl/α,β-unsaturated/α-hetero) is 1. The summed E-state index contributed by atoms with van der Waals surface area (Å²) in [5.41, 5.74) is 1.24. The number of nitrogens with one attached hydrogen (secondary N) is 1. The van der Waals surface area contributed by atoms with Gasteiger partial charge in [-0.05, 0) is 17.5 Å². The van der Waals surface area contributed by atoms with Crippen molar-refractivity contribution in [3.63, 3.8) is 0 Å². The minimum absolute atomic E-state index is 0.00467. The van der Waals surface area contributed by atoms with Crippen molar-refractivity contribution >= 4 is 55.8 Å². The van der Waals surface area contributed by atoms with Gasteiger partial charge in [0, 0.05) is 47.3 Å². The summed E-state index contributed by atoms with van der Waals surface area (Å²) in [6, 6.07) is 8.75. The first-order chi connectivity index (χ1) is 14.0. The first kappa shape index (κ1) is 20.1. The Bertz CT molecular complexity index is 1160. The Hall–Kier alpha value is -2.14. The van der Waals surface area contributed by atoms with Crippen LogP contribution in [0.4, 0.5) is 0 Å².